The van der Waals surface area contributed by atoms with Crippen LogP contribution in [0.4, 0.5) is 11.5 Å². The number of aromatic nitrogens is 2. The number of thiophene rings is 1. The van der Waals surface area contributed by atoms with Crippen molar-refractivity contribution in [3.63, 3.8) is 0 Å². The van der Waals surface area contributed by atoms with Gasteiger partial charge in [0.1, 0.15) is 17.0 Å². The molecule has 0 saturated carbocycles. The molecule has 0 fully saturated rings. The summed E-state index contributed by atoms with van der Waals surface area (Å²) in [5, 5.41) is 4.20. The lowest BCUT2D eigenvalue weighted by atomic mass is 9.84. The van der Waals surface area contributed by atoms with Crippen LogP contribution < -0.4 is 5.32 Å². The third kappa shape index (κ3) is 2.45. The lowest BCUT2D eigenvalue weighted by Crippen LogP contribution is -2.20. The third-order valence-electron chi connectivity index (χ3n) is 4.64. The molecule has 1 aliphatic rings. The Kier molecular flexibility index (Phi) is 3.42. The molecule has 2 aromatic heterocycles. The molecule has 0 unspecified atom stereocenters. The monoisotopic (exact) mass is 371 g/mol. The lowest BCUT2D eigenvalue weighted by Gasteiger charge is -2.18. The van der Waals surface area contributed by atoms with Gasteiger partial charge in [0.15, 0.2) is 11.6 Å². The molecular formula is C21H13N3O2S. The molecule has 0 bridgehead atoms. The first-order valence-corrected chi connectivity index (χ1v) is 9.24. The second-order valence-electron chi connectivity index (χ2n) is 6.39. The molecule has 0 aliphatic heterocycles. The smallest absolute Gasteiger partial charge is 0.194 e. The highest BCUT2D eigenvalue weighted by Gasteiger charge is 2.29. The Bertz CT molecular complexity index is 1260. The molecule has 0 radical (unpaired) electrons. The predicted molar refractivity (Wildman–Crippen MR) is 105 cm³/mol. The quantitative estimate of drug-likeness (QED) is 0.494. The van der Waals surface area contributed by atoms with Crippen LogP contribution in [-0.4, -0.2) is 21.5 Å². The average molecular weight is 371 g/mol. The molecule has 0 spiro atoms. The number of aryl methyl sites for hydroxylation is 1. The van der Waals surface area contributed by atoms with Crippen molar-refractivity contribution in [2.24, 2.45) is 0 Å². The maximum Gasteiger partial charge on any atom is 0.194 e. The number of carbonyl (C=O) groups excluding carboxylic acids is 2. The average Bonchev–Trinajstić information content (AvgIpc) is 3.07. The Morgan fingerprint density at radius 3 is 2.33 bits per heavy atom. The molecule has 1 N–H and O–H groups in total. The van der Waals surface area contributed by atoms with E-state index >= 15 is 0 Å². The highest BCUT2D eigenvalue weighted by molar-refractivity contribution is 7.18. The van der Waals surface area contributed by atoms with E-state index in [1.165, 1.54) is 6.33 Å². The molecule has 6 heteroatoms. The van der Waals surface area contributed by atoms with Gasteiger partial charge in [-0.2, -0.15) is 0 Å². The summed E-state index contributed by atoms with van der Waals surface area (Å²) < 4.78 is 0. The highest BCUT2D eigenvalue weighted by Crippen LogP contribution is 2.32. The van der Waals surface area contributed by atoms with Crippen LogP contribution in [0.1, 0.15) is 36.7 Å². The molecule has 2 heterocycles. The minimum absolute atomic E-state index is 0.121. The Hall–Kier alpha value is -3.38. The zero-order chi connectivity index (χ0) is 18.5. The summed E-state index contributed by atoms with van der Waals surface area (Å²) >= 11 is 1.60. The van der Waals surface area contributed by atoms with Crippen molar-refractivity contribution in [1.82, 2.24) is 9.97 Å². The van der Waals surface area contributed by atoms with E-state index in [1.807, 2.05) is 13.0 Å². The molecule has 130 valence electrons. The normalized spacial score (nSPS) is 12.8. The largest absolute Gasteiger partial charge is 0.340 e. The van der Waals surface area contributed by atoms with Crippen molar-refractivity contribution >= 4 is 44.6 Å². The molecule has 5 rings (SSSR count). The summed E-state index contributed by atoms with van der Waals surface area (Å²) in [5.74, 6) is 0.423. The van der Waals surface area contributed by atoms with Crippen LogP contribution in [0, 0.1) is 6.92 Å². The molecule has 0 amide bonds. The number of rotatable bonds is 2. The number of nitrogens with one attached hydrogen (secondary N) is 1. The first kappa shape index (κ1) is 15.8. The second kappa shape index (κ2) is 5.82. The first-order valence-electron chi connectivity index (χ1n) is 8.42. The zero-order valence-corrected chi connectivity index (χ0v) is 15.1. The van der Waals surface area contributed by atoms with Crippen LogP contribution in [0.3, 0.4) is 0 Å². The van der Waals surface area contributed by atoms with Crippen molar-refractivity contribution in [1.29, 1.82) is 0 Å². The SMILES string of the molecule is Cc1cc2c(Nc3ccc4c(c3)C(=O)c3ccccc3C4=O)ncnc2s1. The summed E-state index contributed by atoms with van der Waals surface area (Å²) in [6.07, 6.45) is 1.52. The molecule has 4 aromatic rings. The van der Waals surface area contributed by atoms with E-state index in [2.05, 4.69) is 15.3 Å². The number of hydrogen-bond donors (Lipinski definition) is 1. The van der Waals surface area contributed by atoms with Crippen molar-refractivity contribution in [2.75, 3.05) is 5.32 Å². The number of fused-ring (bicyclic) bond motifs is 3. The number of benzene rings is 2. The fraction of sp³-hybridized carbons (Fsp3) is 0.0476. The number of anilines is 2. The molecular weight excluding hydrogens is 358 g/mol. The van der Waals surface area contributed by atoms with E-state index in [-0.39, 0.29) is 11.6 Å². The summed E-state index contributed by atoms with van der Waals surface area (Å²) in [6, 6.07) is 14.2. The van der Waals surface area contributed by atoms with Gasteiger partial charge < -0.3 is 5.32 Å². The van der Waals surface area contributed by atoms with Crippen LogP contribution >= 0.6 is 11.3 Å². The zero-order valence-electron chi connectivity index (χ0n) is 14.3. The number of hydrogen-bond acceptors (Lipinski definition) is 6. The molecule has 0 saturated heterocycles. The van der Waals surface area contributed by atoms with Gasteiger partial charge in [0.05, 0.1) is 5.39 Å². The van der Waals surface area contributed by atoms with E-state index in [0.717, 1.165) is 15.1 Å². The Morgan fingerprint density at radius 1 is 0.852 bits per heavy atom. The van der Waals surface area contributed by atoms with Crippen molar-refractivity contribution in [3.8, 4) is 0 Å². The van der Waals surface area contributed by atoms with Gasteiger partial charge in [0.25, 0.3) is 0 Å². The maximum atomic E-state index is 12.9. The summed E-state index contributed by atoms with van der Waals surface area (Å²) in [7, 11) is 0. The lowest BCUT2D eigenvalue weighted by molar-refractivity contribution is 0.0979. The van der Waals surface area contributed by atoms with Crippen LogP contribution in [0.5, 0.6) is 0 Å². The molecule has 0 atom stereocenters. The van der Waals surface area contributed by atoms with Gasteiger partial charge in [-0.25, -0.2) is 9.97 Å². The summed E-state index contributed by atoms with van der Waals surface area (Å²) in [6.45, 7) is 2.02. The Labute approximate surface area is 158 Å². The van der Waals surface area contributed by atoms with Gasteiger partial charge in [0.2, 0.25) is 0 Å². The Morgan fingerprint density at radius 2 is 1.56 bits per heavy atom. The minimum atomic E-state index is -0.136. The van der Waals surface area contributed by atoms with Gasteiger partial charge in [0, 0.05) is 32.8 Å². The summed E-state index contributed by atoms with van der Waals surface area (Å²) in [5.41, 5.74) is 2.46. The number of ketones is 2. The molecule has 1 aliphatic carbocycles. The Balaban J connectivity index is 1.58. The van der Waals surface area contributed by atoms with Crippen molar-refractivity contribution in [2.45, 2.75) is 6.92 Å². The van der Waals surface area contributed by atoms with Crippen molar-refractivity contribution in [3.05, 3.63) is 82.0 Å². The van der Waals surface area contributed by atoms with E-state index in [1.54, 1.807) is 53.8 Å². The standard InChI is InChI=1S/C21H13N3O2S/c1-11-8-17-20(22-10-23-21(17)27-11)24-12-6-7-15-16(9-12)19(26)14-5-3-2-4-13(14)18(15)25/h2-10H,1H3,(H,22,23,24). The van der Waals surface area contributed by atoms with Gasteiger partial charge in [-0.15, -0.1) is 11.3 Å². The highest BCUT2D eigenvalue weighted by atomic mass is 32.1. The summed E-state index contributed by atoms with van der Waals surface area (Å²) in [4.78, 5) is 36.3. The van der Waals surface area contributed by atoms with E-state index in [4.69, 9.17) is 0 Å². The van der Waals surface area contributed by atoms with E-state index < -0.39 is 0 Å². The van der Waals surface area contributed by atoms with Gasteiger partial charge in [-0.05, 0) is 31.2 Å². The van der Waals surface area contributed by atoms with Gasteiger partial charge >= 0.3 is 0 Å². The number of carbonyl (C=O) groups is 2. The predicted octanol–water partition coefficient (Wildman–Crippen LogP) is 4.52. The number of nitrogens with zero attached hydrogens (tertiary/aromatic N) is 2. The van der Waals surface area contributed by atoms with E-state index in [9.17, 15) is 9.59 Å². The molecule has 27 heavy (non-hydrogen) atoms. The fourth-order valence-corrected chi connectivity index (χ4v) is 4.24. The minimum Gasteiger partial charge on any atom is -0.340 e. The van der Waals surface area contributed by atoms with E-state index in [0.29, 0.717) is 33.8 Å². The second-order valence-corrected chi connectivity index (χ2v) is 7.62. The van der Waals surface area contributed by atoms with Crippen LogP contribution in [0.15, 0.2) is 54.9 Å². The van der Waals surface area contributed by atoms with Gasteiger partial charge in [-0.3, -0.25) is 9.59 Å². The molecule has 5 nitrogen and oxygen atoms in total. The maximum absolute atomic E-state index is 12.9. The van der Waals surface area contributed by atoms with Gasteiger partial charge in [-0.1, -0.05) is 24.3 Å². The van der Waals surface area contributed by atoms with Crippen LogP contribution in [0.25, 0.3) is 10.2 Å². The van der Waals surface area contributed by atoms with Crippen LogP contribution in [-0.2, 0) is 0 Å². The fourth-order valence-electron chi connectivity index (χ4n) is 3.39. The topological polar surface area (TPSA) is 72.0 Å². The molecule has 2 aromatic carbocycles. The third-order valence-corrected chi connectivity index (χ3v) is 5.60. The van der Waals surface area contributed by atoms with Crippen molar-refractivity contribution < 1.29 is 9.59 Å². The van der Waals surface area contributed by atoms with Crippen LogP contribution in [0.2, 0.25) is 0 Å². The first-order chi connectivity index (χ1) is 13.1.